The normalized spacial score (nSPS) is 12.4. The van der Waals surface area contributed by atoms with E-state index in [2.05, 4.69) is 22.9 Å². The zero-order valence-corrected chi connectivity index (χ0v) is 11.9. The molecule has 2 aromatic rings. The minimum atomic E-state index is -0.0397. The van der Waals surface area contributed by atoms with E-state index in [1.54, 1.807) is 11.3 Å². The molecule has 2 rings (SSSR count). The SMILES string of the molecule is CCC(C(=O)c1cscc1Br)c1ccccc1. The lowest BCUT2D eigenvalue weighted by Crippen LogP contribution is -2.11. The quantitative estimate of drug-likeness (QED) is 0.735. The average Bonchev–Trinajstić information content (AvgIpc) is 2.77. The van der Waals surface area contributed by atoms with Crippen LogP contribution < -0.4 is 0 Å². The predicted molar refractivity (Wildman–Crippen MR) is 75.8 cm³/mol. The van der Waals surface area contributed by atoms with Crippen molar-refractivity contribution >= 4 is 33.0 Å². The van der Waals surface area contributed by atoms with Gasteiger partial charge in [0.15, 0.2) is 5.78 Å². The topological polar surface area (TPSA) is 17.1 Å². The molecule has 0 saturated carbocycles. The van der Waals surface area contributed by atoms with E-state index in [4.69, 9.17) is 0 Å². The number of halogens is 1. The summed E-state index contributed by atoms with van der Waals surface area (Å²) >= 11 is 4.98. The zero-order valence-electron chi connectivity index (χ0n) is 9.52. The van der Waals surface area contributed by atoms with Gasteiger partial charge >= 0.3 is 0 Å². The summed E-state index contributed by atoms with van der Waals surface area (Å²) in [5, 5.41) is 3.86. The lowest BCUT2D eigenvalue weighted by atomic mass is 9.90. The van der Waals surface area contributed by atoms with E-state index in [1.165, 1.54) is 0 Å². The predicted octanol–water partition coefficient (Wildman–Crippen LogP) is 4.89. The van der Waals surface area contributed by atoms with Gasteiger partial charge in [-0.3, -0.25) is 4.79 Å². The Morgan fingerprint density at radius 1 is 1.29 bits per heavy atom. The maximum Gasteiger partial charge on any atom is 0.172 e. The van der Waals surface area contributed by atoms with Crippen molar-refractivity contribution in [3.63, 3.8) is 0 Å². The molecule has 1 nitrogen and oxygen atoms in total. The average molecular weight is 309 g/mol. The molecule has 0 amide bonds. The van der Waals surface area contributed by atoms with Crippen LogP contribution >= 0.6 is 27.3 Å². The van der Waals surface area contributed by atoms with Crippen LogP contribution in [0, 0.1) is 0 Å². The molecule has 0 saturated heterocycles. The zero-order chi connectivity index (χ0) is 12.3. The van der Waals surface area contributed by atoms with Crippen molar-refractivity contribution < 1.29 is 4.79 Å². The molecule has 88 valence electrons. The molecule has 1 aromatic heterocycles. The second-order valence-electron chi connectivity index (χ2n) is 3.87. The summed E-state index contributed by atoms with van der Waals surface area (Å²) in [5.41, 5.74) is 1.89. The number of Topliss-reactive ketones (excluding diaryl/α,β-unsaturated/α-hetero) is 1. The molecular formula is C14H13BrOS. The number of benzene rings is 1. The highest BCUT2D eigenvalue weighted by molar-refractivity contribution is 9.10. The first-order valence-corrected chi connectivity index (χ1v) is 7.28. The molecule has 1 aromatic carbocycles. The molecule has 0 N–H and O–H groups in total. The summed E-state index contributed by atoms with van der Waals surface area (Å²) in [6.07, 6.45) is 0.825. The van der Waals surface area contributed by atoms with E-state index in [1.807, 2.05) is 41.1 Å². The van der Waals surface area contributed by atoms with Gasteiger partial charge in [-0.25, -0.2) is 0 Å². The van der Waals surface area contributed by atoms with Crippen molar-refractivity contribution in [3.05, 3.63) is 56.7 Å². The lowest BCUT2D eigenvalue weighted by molar-refractivity contribution is 0.0957. The van der Waals surface area contributed by atoms with E-state index in [9.17, 15) is 4.79 Å². The van der Waals surface area contributed by atoms with Crippen molar-refractivity contribution in [3.8, 4) is 0 Å². The molecule has 0 aliphatic heterocycles. The highest BCUT2D eigenvalue weighted by atomic mass is 79.9. The molecule has 0 radical (unpaired) electrons. The smallest absolute Gasteiger partial charge is 0.172 e. The molecule has 1 atom stereocenters. The maximum atomic E-state index is 12.4. The Labute approximate surface area is 114 Å². The van der Waals surface area contributed by atoms with Gasteiger partial charge in [0.1, 0.15) is 0 Å². The molecule has 3 heteroatoms. The van der Waals surface area contributed by atoms with E-state index in [0.717, 1.165) is 22.0 Å². The minimum absolute atomic E-state index is 0.0397. The van der Waals surface area contributed by atoms with E-state index < -0.39 is 0 Å². The van der Waals surface area contributed by atoms with Crippen LogP contribution in [0.2, 0.25) is 0 Å². The fourth-order valence-corrected chi connectivity index (χ4v) is 3.38. The van der Waals surface area contributed by atoms with E-state index >= 15 is 0 Å². The fourth-order valence-electron chi connectivity index (χ4n) is 1.90. The van der Waals surface area contributed by atoms with Gasteiger partial charge in [0.2, 0.25) is 0 Å². The number of rotatable bonds is 4. The Kier molecular flexibility index (Phi) is 4.13. The molecule has 1 heterocycles. The largest absolute Gasteiger partial charge is 0.293 e. The van der Waals surface area contributed by atoms with Crippen LogP contribution in [0.1, 0.15) is 35.2 Å². The molecule has 17 heavy (non-hydrogen) atoms. The van der Waals surface area contributed by atoms with Crippen molar-refractivity contribution in [2.45, 2.75) is 19.3 Å². The standard InChI is InChI=1S/C14H13BrOS/c1-2-11(10-6-4-3-5-7-10)14(16)12-8-17-9-13(12)15/h3-9,11H,2H2,1H3. The van der Waals surface area contributed by atoms with Crippen molar-refractivity contribution in [2.24, 2.45) is 0 Å². The van der Waals surface area contributed by atoms with Gasteiger partial charge in [-0.1, -0.05) is 37.3 Å². The molecule has 0 fully saturated rings. The first kappa shape index (κ1) is 12.5. The summed E-state index contributed by atoms with van der Waals surface area (Å²) in [6, 6.07) is 9.97. The Morgan fingerprint density at radius 3 is 2.53 bits per heavy atom. The monoisotopic (exact) mass is 308 g/mol. The van der Waals surface area contributed by atoms with Crippen LogP contribution in [-0.2, 0) is 0 Å². The molecule has 0 bridgehead atoms. The Morgan fingerprint density at radius 2 is 2.00 bits per heavy atom. The van der Waals surface area contributed by atoms with Crippen LogP contribution in [0.4, 0.5) is 0 Å². The van der Waals surface area contributed by atoms with Gasteiger partial charge in [-0.2, -0.15) is 11.3 Å². The van der Waals surface area contributed by atoms with Gasteiger partial charge in [0, 0.05) is 26.7 Å². The number of carbonyl (C=O) groups excluding carboxylic acids is 1. The van der Waals surface area contributed by atoms with Crippen LogP contribution in [0.15, 0.2) is 45.6 Å². The molecule has 0 aliphatic rings. The van der Waals surface area contributed by atoms with E-state index in [0.29, 0.717) is 0 Å². The number of thiophene rings is 1. The number of ketones is 1. The van der Waals surface area contributed by atoms with Gasteiger partial charge < -0.3 is 0 Å². The summed E-state index contributed by atoms with van der Waals surface area (Å²) in [5.74, 6) is 0.161. The third-order valence-corrected chi connectivity index (χ3v) is 4.51. The lowest BCUT2D eigenvalue weighted by Gasteiger charge is -2.13. The number of hydrogen-bond donors (Lipinski definition) is 0. The third kappa shape index (κ3) is 2.67. The van der Waals surface area contributed by atoms with Crippen LogP contribution in [0.25, 0.3) is 0 Å². The first-order chi connectivity index (χ1) is 8.24. The molecule has 1 unspecified atom stereocenters. The highest BCUT2D eigenvalue weighted by Gasteiger charge is 2.22. The Balaban J connectivity index is 2.32. The number of carbonyl (C=O) groups is 1. The highest BCUT2D eigenvalue weighted by Crippen LogP contribution is 2.29. The van der Waals surface area contributed by atoms with Gasteiger partial charge in [-0.15, -0.1) is 0 Å². The van der Waals surface area contributed by atoms with Gasteiger partial charge in [0.05, 0.1) is 0 Å². The van der Waals surface area contributed by atoms with Crippen molar-refractivity contribution in [1.29, 1.82) is 0 Å². The molecular weight excluding hydrogens is 296 g/mol. The Bertz CT molecular complexity index is 504. The van der Waals surface area contributed by atoms with E-state index in [-0.39, 0.29) is 11.7 Å². The van der Waals surface area contributed by atoms with Gasteiger partial charge in [0.25, 0.3) is 0 Å². The summed E-state index contributed by atoms with van der Waals surface area (Å²) in [6.45, 7) is 2.05. The van der Waals surface area contributed by atoms with Crippen molar-refractivity contribution in [1.82, 2.24) is 0 Å². The van der Waals surface area contributed by atoms with Crippen LogP contribution in [-0.4, -0.2) is 5.78 Å². The first-order valence-electron chi connectivity index (χ1n) is 5.55. The summed E-state index contributed by atoms with van der Waals surface area (Å²) in [7, 11) is 0. The third-order valence-electron chi connectivity index (χ3n) is 2.81. The fraction of sp³-hybridized carbons (Fsp3) is 0.214. The minimum Gasteiger partial charge on any atom is -0.293 e. The second-order valence-corrected chi connectivity index (χ2v) is 5.47. The van der Waals surface area contributed by atoms with Crippen LogP contribution in [0.5, 0.6) is 0 Å². The van der Waals surface area contributed by atoms with Gasteiger partial charge in [-0.05, 0) is 27.9 Å². The van der Waals surface area contributed by atoms with Crippen molar-refractivity contribution in [2.75, 3.05) is 0 Å². The maximum absolute atomic E-state index is 12.4. The molecule has 0 aliphatic carbocycles. The van der Waals surface area contributed by atoms with Crippen LogP contribution in [0.3, 0.4) is 0 Å². The second kappa shape index (κ2) is 5.61. The summed E-state index contributed by atoms with van der Waals surface area (Å²) in [4.78, 5) is 12.4. The Hall–Kier alpha value is -0.930. The molecule has 0 spiro atoms. The summed E-state index contributed by atoms with van der Waals surface area (Å²) < 4.78 is 0.905. The number of hydrogen-bond acceptors (Lipinski definition) is 2.